The van der Waals surface area contributed by atoms with Crippen LogP contribution in [0.4, 0.5) is 11.4 Å². The molecule has 0 aromatic heterocycles. The van der Waals surface area contributed by atoms with E-state index in [4.69, 9.17) is 24.7 Å². The van der Waals surface area contributed by atoms with Crippen molar-refractivity contribution in [1.82, 2.24) is 9.80 Å². The van der Waals surface area contributed by atoms with Crippen molar-refractivity contribution >= 4 is 11.4 Å². The van der Waals surface area contributed by atoms with Gasteiger partial charge in [0.15, 0.2) is 0 Å². The molecule has 2 rings (SSSR count). The lowest BCUT2D eigenvalue weighted by atomic mass is 10.1. The number of methoxy groups -OCH3 is 2. The summed E-state index contributed by atoms with van der Waals surface area (Å²) in [6.45, 7) is 20.5. The second-order valence-electron chi connectivity index (χ2n) is 9.29. The fourth-order valence-corrected chi connectivity index (χ4v) is 4.33. The second-order valence-corrected chi connectivity index (χ2v) is 9.29. The summed E-state index contributed by atoms with van der Waals surface area (Å²) >= 11 is 0. The van der Waals surface area contributed by atoms with E-state index in [1.807, 2.05) is 19.1 Å². The molecule has 40 heavy (non-hydrogen) atoms. The van der Waals surface area contributed by atoms with E-state index in [2.05, 4.69) is 37.5 Å². The molecule has 0 atom stereocenters. The quantitative estimate of drug-likeness (QED) is 0.120. The van der Waals surface area contributed by atoms with E-state index in [0.717, 1.165) is 74.0 Å². The Morgan fingerprint density at radius 3 is 1.57 bits per heavy atom. The number of nitrogens with zero attached hydrogens (tertiary/aromatic N) is 3. The number of nitro groups is 1. The number of likely N-dealkylation sites (N-methyl/N-ethyl adjacent to an activating group) is 2. The number of anilines is 1. The standard InChI is InChI=1S/C15H24N2O4.C15H26N2O2/c1-5-16(6-2)9-10-21-11-13-7-8-14(17(18)19)12(3)15(13)20-4;1-5-17(6-2)9-10-19-11-13-7-8-14(16)12(3)15(13)18-4/h7-8H,5-6,9-11H2,1-4H3;7-8H,5-6,9-11,16H2,1-4H3. The summed E-state index contributed by atoms with van der Waals surface area (Å²) < 4.78 is 22.1. The molecular formula is C30H50N4O6. The van der Waals surface area contributed by atoms with Crippen molar-refractivity contribution in [1.29, 1.82) is 0 Å². The summed E-state index contributed by atoms with van der Waals surface area (Å²) in [5.74, 6) is 1.37. The minimum absolute atomic E-state index is 0.0683. The van der Waals surface area contributed by atoms with Crippen molar-refractivity contribution < 1.29 is 23.9 Å². The van der Waals surface area contributed by atoms with Gasteiger partial charge in [-0.2, -0.15) is 0 Å². The van der Waals surface area contributed by atoms with E-state index in [1.165, 1.54) is 13.2 Å². The minimum atomic E-state index is -0.400. The number of hydrogen-bond donors (Lipinski definition) is 1. The summed E-state index contributed by atoms with van der Waals surface area (Å²) in [4.78, 5) is 15.1. The van der Waals surface area contributed by atoms with Crippen molar-refractivity contribution in [3.05, 3.63) is 56.6 Å². The Kier molecular flexibility index (Phi) is 16.9. The van der Waals surface area contributed by atoms with Crippen LogP contribution in [0.5, 0.6) is 11.5 Å². The van der Waals surface area contributed by atoms with Crippen LogP contribution >= 0.6 is 0 Å². The molecule has 0 saturated heterocycles. The third kappa shape index (κ3) is 10.9. The molecule has 226 valence electrons. The van der Waals surface area contributed by atoms with Crippen LogP contribution in [0.25, 0.3) is 0 Å². The van der Waals surface area contributed by atoms with Crippen LogP contribution in [0.2, 0.25) is 0 Å². The molecule has 0 saturated carbocycles. The zero-order valence-electron chi connectivity index (χ0n) is 25.7. The fraction of sp³-hybridized carbons (Fsp3) is 0.600. The van der Waals surface area contributed by atoms with Gasteiger partial charge < -0.3 is 34.5 Å². The molecule has 0 bridgehead atoms. The summed E-state index contributed by atoms with van der Waals surface area (Å²) in [7, 11) is 3.19. The van der Waals surface area contributed by atoms with Gasteiger partial charge in [-0.25, -0.2) is 0 Å². The number of rotatable bonds is 17. The highest BCUT2D eigenvalue weighted by atomic mass is 16.6. The van der Waals surface area contributed by atoms with E-state index in [-0.39, 0.29) is 5.69 Å². The van der Waals surface area contributed by atoms with Crippen molar-refractivity contribution in [2.24, 2.45) is 0 Å². The third-order valence-electron chi connectivity index (χ3n) is 7.00. The molecule has 0 unspecified atom stereocenters. The maximum Gasteiger partial charge on any atom is 0.276 e. The molecule has 10 heteroatoms. The number of ether oxygens (including phenoxy) is 4. The van der Waals surface area contributed by atoms with Gasteiger partial charge in [0.1, 0.15) is 11.5 Å². The molecule has 2 aromatic rings. The van der Waals surface area contributed by atoms with Gasteiger partial charge in [-0.3, -0.25) is 10.1 Å². The predicted octanol–water partition coefficient (Wildman–Crippen LogP) is 5.21. The fourth-order valence-electron chi connectivity index (χ4n) is 4.33. The Bertz CT molecular complexity index is 1030. The first-order chi connectivity index (χ1) is 19.2. The van der Waals surface area contributed by atoms with Gasteiger partial charge >= 0.3 is 0 Å². The Balaban J connectivity index is 0.000000402. The molecule has 0 spiro atoms. The first kappa shape index (κ1) is 35.1. The normalized spacial score (nSPS) is 10.9. The third-order valence-corrected chi connectivity index (χ3v) is 7.00. The molecule has 0 aliphatic carbocycles. The van der Waals surface area contributed by atoms with Gasteiger partial charge in [0, 0.05) is 41.5 Å². The van der Waals surface area contributed by atoms with E-state index < -0.39 is 4.92 Å². The van der Waals surface area contributed by atoms with Gasteiger partial charge in [-0.1, -0.05) is 33.8 Å². The van der Waals surface area contributed by atoms with Crippen molar-refractivity contribution in [2.45, 2.75) is 54.8 Å². The molecule has 0 aliphatic heterocycles. The Morgan fingerprint density at radius 1 is 0.750 bits per heavy atom. The van der Waals surface area contributed by atoms with E-state index in [0.29, 0.717) is 31.1 Å². The number of hydrogen-bond acceptors (Lipinski definition) is 9. The SMILES string of the molecule is CCN(CC)CCOCc1ccc(N)c(C)c1OC.CCN(CC)CCOCc1ccc([N+](=O)[O-])c(C)c1OC. The van der Waals surface area contributed by atoms with Crippen molar-refractivity contribution in [3.63, 3.8) is 0 Å². The molecule has 2 aromatic carbocycles. The van der Waals surface area contributed by atoms with Crippen LogP contribution < -0.4 is 15.2 Å². The van der Waals surface area contributed by atoms with E-state index in [1.54, 1.807) is 20.1 Å². The van der Waals surface area contributed by atoms with Gasteiger partial charge in [0.25, 0.3) is 5.69 Å². The lowest BCUT2D eigenvalue weighted by molar-refractivity contribution is -0.385. The lowest BCUT2D eigenvalue weighted by Crippen LogP contribution is -2.27. The molecule has 0 fully saturated rings. The zero-order chi connectivity index (χ0) is 30.1. The number of nitro benzene ring substituents is 1. The first-order valence-corrected chi connectivity index (χ1v) is 14.0. The summed E-state index contributed by atoms with van der Waals surface area (Å²) in [5.41, 5.74) is 10.1. The van der Waals surface area contributed by atoms with Gasteiger partial charge in [0.05, 0.1) is 51.1 Å². The molecule has 0 amide bonds. The van der Waals surface area contributed by atoms with Crippen LogP contribution in [0.3, 0.4) is 0 Å². The molecule has 10 nitrogen and oxygen atoms in total. The maximum atomic E-state index is 10.9. The van der Waals surface area contributed by atoms with E-state index in [9.17, 15) is 10.1 Å². The molecular weight excluding hydrogens is 512 g/mol. The van der Waals surface area contributed by atoms with Crippen molar-refractivity contribution in [2.75, 3.05) is 72.4 Å². The van der Waals surface area contributed by atoms with Crippen LogP contribution in [-0.4, -0.2) is 81.4 Å². The number of benzene rings is 2. The summed E-state index contributed by atoms with van der Waals surface area (Å²) in [6, 6.07) is 7.07. The van der Waals surface area contributed by atoms with Crippen LogP contribution in [0, 0.1) is 24.0 Å². The van der Waals surface area contributed by atoms with Gasteiger partial charge in [-0.05, 0) is 52.2 Å². The maximum absolute atomic E-state index is 10.9. The Morgan fingerprint density at radius 2 is 1.18 bits per heavy atom. The minimum Gasteiger partial charge on any atom is -0.496 e. The second kappa shape index (κ2) is 19.2. The van der Waals surface area contributed by atoms with Gasteiger partial charge in [-0.15, -0.1) is 0 Å². The van der Waals surface area contributed by atoms with Crippen LogP contribution in [0.15, 0.2) is 24.3 Å². The first-order valence-electron chi connectivity index (χ1n) is 14.0. The molecule has 0 aliphatic rings. The topological polar surface area (TPSA) is 113 Å². The van der Waals surface area contributed by atoms with Crippen LogP contribution in [-0.2, 0) is 22.7 Å². The van der Waals surface area contributed by atoms with Crippen LogP contribution in [0.1, 0.15) is 49.9 Å². The van der Waals surface area contributed by atoms with Gasteiger partial charge in [0.2, 0.25) is 0 Å². The number of nitrogens with two attached hydrogens (primary N) is 1. The molecule has 0 radical (unpaired) electrons. The average molecular weight is 563 g/mol. The molecule has 2 N–H and O–H groups in total. The average Bonchev–Trinajstić information content (AvgIpc) is 2.95. The smallest absolute Gasteiger partial charge is 0.276 e. The Hall–Kier alpha value is -2.92. The monoisotopic (exact) mass is 562 g/mol. The van der Waals surface area contributed by atoms with Crippen molar-refractivity contribution in [3.8, 4) is 11.5 Å². The highest BCUT2D eigenvalue weighted by molar-refractivity contribution is 5.57. The highest BCUT2D eigenvalue weighted by Gasteiger charge is 2.18. The number of nitrogen functional groups attached to an aromatic ring is 1. The molecule has 0 heterocycles. The summed E-state index contributed by atoms with van der Waals surface area (Å²) in [6.07, 6.45) is 0. The Labute approximate surface area is 240 Å². The summed E-state index contributed by atoms with van der Waals surface area (Å²) in [5, 5.41) is 10.9. The van der Waals surface area contributed by atoms with E-state index >= 15 is 0 Å². The zero-order valence-corrected chi connectivity index (χ0v) is 25.7. The highest BCUT2D eigenvalue weighted by Crippen LogP contribution is 2.31. The largest absolute Gasteiger partial charge is 0.496 e. The lowest BCUT2D eigenvalue weighted by Gasteiger charge is -2.18. The predicted molar refractivity (Wildman–Crippen MR) is 161 cm³/mol.